The summed E-state index contributed by atoms with van der Waals surface area (Å²) in [5, 5.41) is 7.84. The van der Waals surface area contributed by atoms with E-state index in [-0.39, 0.29) is 6.04 Å². The summed E-state index contributed by atoms with van der Waals surface area (Å²) in [7, 11) is 1.69. The van der Waals surface area contributed by atoms with Crippen LogP contribution in [0.2, 0.25) is 0 Å². The highest BCUT2D eigenvalue weighted by Crippen LogP contribution is 2.17. The maximum atomic E-state index is 12.2. The van der Waals surface area contributed by atoms with Crippen molar-refractivity contribution >= 4 is 23.6 Å². The van der Waals surface area contributed by atoms with Crippen LogP contribution < -0.4 is 16.0 Å². The number of esters is 1. The summed E-state index contributed by atoms with van der Waals surface area (Å²) in [5.41, 5.74) is 0.934. The number of hydrogen-bond donors (Lipinski definition) is 3. The van der Waals surface area contributed by atoms with E-state index < -0.39 is 24.0 Å². The van der Waals surface area contributed by atoms with E-state index >= 15 is 0 Å². The third kappa shape index (κ3) is 4.71. The number of benzene rings is 1. The van der Waals surface area contributed by atoms with Gasteiger partial charge in [-0.3, -0.25) is 10.1 Å². The second-order valence-corrected chi connectivity index (χ2v) is 5.79. The van der Waals surface area contributed by atoms with Gasteiger partial charge >= 0.3 is 12.0 Å². The van der Waals surface area contributed by atoms with Gasteiger partial charge in [-0.25, -0.2) is 9.59 Å². The molecule has 1 atom stereocenters. The molecule has 0 radical (unpaired) electrons. The number of anilines is 1. The van der Waals surface area contributed by atoms with Gasteiger partial charge in [0, 0.05) is 18.8 Å². The Morgan fingerprint density at radius 2 is 1.83 bits per heavy atom. The molecule has 1 unspecified atom stereocenters. The lowest BCUT2D eigenvalue weighted by Crippen LogP contribution is -2.47. The Bertz CT molecular complexity index is 612. The fourth-order valence-corrected chi connectivity index (χ4v) is 2.66. The normalized spacial score (nSPS) is 15.4. The van der Waals surface area contributed by atoms with Crippen molar-refractivity contribution in [3.63, 3.8) is 0 Å². The number of amides is 3. The number of carbonyl (C=O) groups excluding carboxylic acids is 3. The van der Waals surface area contributed by atoms with E-state index in [1.165, 1.54) is 6.92 Å². The van der Waals surface area contributed by atoms with Crippen molar-refractivity contribution in [1.29, 1.82) is 0 Å². The number of carbonyl (C=O) groups is 3. The van der Waals surface area contributed by atoms with Gasteiger partial charge in [0.1, 0.15) is 0 Å². The molecule has 0 bridgehead atoms. The maximum absolute atomic E-state index is 12.2. The molecule has 1 aliphatic carbocycles. The van der Waals surface area contributed by atoms with Gasteiger partial charge in [-0.15, -0.1) is 0 Å². The molecule has 0 spiro atoms. The number of para-hydroxylation sites is 1. The average Bonchev–Trinajstić information content (AvgIpc) is 3.07. The van der Waals surface area contributed by atoms with Crippen LogP contribution in [0.15, 0.2) is 24.3 Å². The topological polar surface area (TPSA) is 96.5 Å². The first kappa shape index (κ1) is 17.8. The molecule has 7 heteroatoms. The van der Waals surface area contributed by atoms with Crippen LogP contribution in [-0.4, -0.2) is 37.1 Å². The van der Waals surface area contributed by atoms with Crippen LogP contribution in [0.1, 0.15) is 43.0 Å². The molecule has 2 rings (SSSR count). The van der Waals surface area contributed by atoms with Crippen molar-refractivity contribution in [1.82, 2.24) is 10.6 Å². The molecule has 0 saturated heterocycles. The van der Waals surface area contributed by atoms with Crippen molar-refractivity contribution in [2.75, 3.05) is 12.4 Å². The van der Waals surface area contributed by atoms with Crippen molar-refractivity contribution in [3.05, 3.63) is 29.8 Å². The quantitative estimate of drug-likeness (QED) is 0.717. The SMILES string of the molecule is CNc1ccccc1C(=O)OC(C)C(=O)NC(=O)NC1CCCC1. The van der Waals surface area contributed by atoms with Crippen molar-refractivity contribution < 1.29 is 19.1 Å². The van der Waals surface area contributed by atoms with Crippen LogP contribution in [0.5, 0.6) is 0 Å². The van der Waals surface area contributed by atoms with Crippen molar-refractivity contribution in [2.24, 2.45) is 0 Å². The molecule has 1 saturated carbocycles. The van der Waals surface area contributed by atoms with Gasteiger partial charge in [-0.05, 0) is 31.9 Å². The highest BCUT2D eigenvalue weighted by Gasteiger charge is 2.23. The summed E-state index contributed by atoms with van der Waals surface area (Å²) < 4.78 is 5.14. The van der Waals surface area contributed by atoms with Crippen LogP contribution in [0.25, 0.3) is 0 Å². The Hall–Kier alpha value is -2.57. The molecule has 0 heterocycles. The molecule has 3 N–H and O–H groups in total. The zero-order valence-electron chi connectivity index (χ0n) is 13.9. The minimum atomic E-state index is -1.07. The Kier molecular flexibility index (Phi) is 6.17. The second-order valence-electron chi connectivity index (χ2n) is 5.79. The number of nitrogens with one attached hydrogen (secondary N) is 3. The maximum Gasteiger partial charge on any atom is 0.341 e. The molecule has 1 aromatic rings. The zero-order valence-corrected chi connectivity index (χ0v) is 13.9. The van der Waals surface area contributed by atoms with Gasteiger partial charge in [0.05, 0.1) is 5.56 Å². The molecular formula is C17H23N3O4. The molecule has 130 valence electrons. The summed E-state index contributed by atoms with van der Waals surface area (Å²) in [6.07, 6.45) is 2.94. The van der Waals surface area contributed by atoms with Crippen LogP contribution in [0, 0.1) is 0 Å². The van der Waals surface area contributed by atoms with Crippen LogP contribution in [-0.2, 0) is 9.53 Å². The molecule has 7 nitrogen and oxygen atoms in total. The Morgan fingerprint density at radius 1 is 1.17 bits per heavy atom. The first-order valence-corrected chi connectivity index (χ1v) is 8.10. The lowest BCUT2D eigenvalue weighted by Gasteiger charge is -2.16. The van der Waals surface area contributed by atoms with E-state index in [9.17, 15) is 14.4 Å². The minimum Gasteiger partial charge on any atom is -0.449 e. The third-order valence-corrected chi connectivity index (χ3v) is 4.00. The summed E-state index contributed by atoms with van der Waals surface area (Å²) in [6.45, 7) is 1.43. The largest absolute Gasteiger partial charge is 0.449 e. The van der Waals surface area contributed by atoms with E-state index in [2.05, 4.69) is 16.0 Å². The molecule has 0 aromatic heterocycles. The monoisotopic (exact) mass is 333 g/mol. The van der Waals surface area contributed by atoms with E-state index in [0.717, 1.165) is 25.7 Å². The predicted octanol–water partition coefficient (Wildman–Crippen LogP) is 2.04. The van der Waals surface area contributed by atoms with Gasteiger partial charge in [-0.2, -0.15) is 0 Å². The second kappa shape index (κ2) is 8.33. The average molecular weight is 333 g/mol. The number of rotatable bonds is 5. The molecule has 24 heavy (non-hydrogen) atoms. The molecule has 1 aliphatic rings. The Morgan fingerprint density at radius 3 is 2.50 bits per heavy atom. The molecule has 0 aliphatic heterocycles. The summed E-state index contributed by atoms with van der Waals surface area (Å²) in [5.74, 6) is -1.28. The highest BCUT2D eigenvalue weighted by molar-refractivity contribution is 6.00. The van der Waals surface area contributed by atoms with Gasteiger partial charge in [0.2, 0.25) is 0 Å². The van der Waals surface area contributed by atoms with Crippen LogP contribution in [0.4, 0.5) is 10.5 Å². The van der Waals surface area contributed by atoms with E-state index in [0.29, 0.717) is 11.3 Å². The fraction of sp³-hybridized carbons (Fsp3) is 0.471. The molecule has 1 fully saturated rings. The Balaban J connectivity index is 1.86. The van der Waals surface area contributed by atoms with Crippen LogP contribution >= 0.6 is 0 Å². The van der Waals surface area contributed by atoms with Crippen LogP contribution in [0.3, 0.4) is 0 Å². The smallest absolute Gasteiger partial charge is 0.341 e. The first-order chi connectivity index (χ1) is 11.5. The fourth-order valence-electron chi connectivity index (χ4n) is 2.66. The molecule has 1 aromatic carbocycles. The van der Waals surface area contributed by atoms with Gasteiger partial charge in [0.25, 0.3) is 5.91 Å². The molecule has 3 amide bonds. The zero-order chi connectivity index (χ0) is 17.5. The predicted molar refractivity (Wildman–Crippen MR) is 89.8 cm³/mol. The van der Waals surface area contributed by atoms with Crippen molar-refractivity contribution in [3.8, 4) is 0 Å². The number of ether oxygens (including phenoxy) is 1. The lowest BCUT2D eigenvalue weighted by molar-refractivity contribution is -0.127. The molecular weight excluding hydrogens is 310 g/mol. The Labute approximate surface area is 141 Å². The van der Waals surface area contributed by atoms with Crippen molar-refractivity contribution in [2.45, 2.75) is 44.8 Å². The third-order valence-electron chi connectivity index (χ3n) is 4.00. The van der Waals surface area contributed by atoms with Gasteiger partial charge in [0.15, 0.2) is 6.10 Å². The minimum absolute atomic E-state index is 0.109. The summed E-state index contributed by atoms with van der Waals surface area (Å²) in [4.78, 5) is 35.9. The number of urea groups is 1. The van der Waals surface area contributed by atoms with E-state index in [1.807, 2.05) is 0 Å². The number of imide groups is 1. The summed E-state index contributed by atoms with van der Waals surface area (Å²) in [6, 6.07) is 6.38. The summed E-state index contributed by atoms with van der Waals surface area (Å²) >= 11 is 0. The van der Waals surface area contributed by atoms with E-state index in [1.54, 1.807) is 31.3 Å². The standard InChI is InChI=1S/C17H23N3O4/c1-11(15(21)20-17(23)19-12-7-3-4-8-12)24-16(22)13-9-5-6-10-14(13)18-2/h5-6,9-12,18H,3-4,7-8H2,1-2H3,(H2,19,20,21,23). The van der Waals surface area contributed by atoms with Gasteiger partial charge in [-0.1, -0.05) is 25.0 Å². The highest BCUT2D eigenvalue weighted by atomic mass is 16.5. The lowest BCUT2D eigenvalue weighted by atomic mass is 10.2. The first-order valence-electron chi connectivity index (χ1n) is 8.10. The number of hydrogen-bond acceptors (Lipinski definition) is 5. The van der Waals surface area contributed by atoms with E-state index in [4.69, 9.17) is 4.74 Å². The van der Waals surface area contributed by atoms with Gasteiger partial charge < -0.3 is 15.4 Å².